The second-order valence-electron chi connectivity index (χ2n) is 4.89. The number of nitrogens with zero attached hydrogens (tertiary/aromatic N) is 3. The van der Waals surface area contributed by atoms with Crippen molar-refractivity contribution in [3.05, 3.63) is 60.4 Å². The maximum Gasteiger partial charge on any atom is 0.0843 e. The van der Waals surface area contributed by atoms with Crippen molar-refractivity contribution in [2.24, 2.45) is 10.8 Å². The van der Waals surface area contributed by atoms with Crippen LogP contribution in [0.4, 0.5) is 5.69 Å². The Morgan fingerprint density at radius 1 is 1.15 bits per heavy atom. The van der Waals surface area contributed by atoms with Crippen LogP contribution in [-0.2, 0) is 0 Å². The minimum Gasteiger partial charge on any atom is -0.330 e. The smallest absolute Gasteiger partial charge is 0.0843 e. The van der Waals surface area contributed by atoms with Crippen molar-refractivity contribution in [2.75, 3.05) is 11.6 Å². The van der Waals surface area contributed by atoms with Gasteiger partial charge in [-0.25, -0.2) is 0 Å². The van der Waals surface area contributed by atoms with Crippen LogP contribution in [0.3, 0.4) is 0 Å². The van der Waals surface area contributed by atoms with Gasteiger partial charge in [-0.3, -0.25) is 9.99 Å². The number of anilines is 1. The van der Waals surface area contributed by atoms with Gasteiger partial charge in [-0.1, -0.05) is 24.3 Å². The minimum absolute atomic E-state index is 0.215. The normalized spacial score (nSPS) is 18.1. The third-order valence-electron chi connectivity index (χ3n) is 3.50. The molecule has 20 heavy (non-hydrogen) atoms. The molecule has 2 N–H and O–H groups in total. The summed E-state index contributed by atoms with van der Waals surface area (Å²) in [5.74, 6) is 0. The molecule has 0 saturated heterocycles. The molecule has 1 aliphatic rings. The van der Waals surface area contributed by atoms with Gasteiger partial charge in [0.15, 0.2) is 0 Å². The number of nitrogens with two attached hydrogens (primary N) is 1. The fourth-order valence-corrected chi connectivity index (χ4v) is 2.54. The van der Waals surface area contributed by atoms with E-state index in [1.807, 2.05) is 30.5 Å². The molecule has 102 valence electrons. The molecule has 3 rings (SSSR count). The van der Waals surface area contributed by atoms with Gasteiger partial charge in [0.1, 0.15) is 0 Å². The van der Waals surface area contributed by atoms with E-state index in [0.717, 1.165) is 24.2 Å². The maximum atomic E-state index is 5.66. The quantitative estimate of drug-likeness (QED) is 0.925. The Bertz CT molecular complexity index is 580. The molecule has 1 unspecified atom stereocenters. The molecule has 0 radical (unpaired) electrons. The van der Waals surface area contributed by atoms with E-state index >= 15 is 0 Å². The third-order valence-corrected chi connectivity index (χ3v) is 3.50. The largest absolute Gasteiger partial charge is 0.330 e. The topological polar surface area (TPSA) is 54.5 Å². The number of hydrazone groups is 1. The zero-order valence-corrected chi connectivity index (χ0v) is 11.3. The molecule has 0 aliphatic carbocycles. The summed E-state index contributed by atoms with van der Waals surface area (Å²) in [5.41, 5.74) is 9.11. The third kappa shape index (κ3) is 2.56. The summed E-state index contributed by atoms with van der Waals surface area (Å²) in [6, 6.07) is 14.5. The molecule has 4 nitrogen and oxygen atoms in total. The van der Waals surface area contributed by atoms with E-state index < -0.39 is 0 Å². The highest BCUT2D eigenvalue weighted by molar-refractivity contribution is 5.89. The van der Waals surface area contributed by atoms with Gasteiger partial charge >= 0.3 is 0 Å². The predicted octanol–water partition coefficient (Wildman–Crippen LogP) is 2.74. The van der Waals surface area contributed by atoms with Crippen LogP contribution in [0, 0.1) is 0 Å². The van der Waals surface area contributed by atoms with Gasteiger partial charge in [0.25, 0.3) is 0 Å². The summed E-state index contributed by atoms with van der Waals surface area (Å²) in [7, 11) is 0. The fourth-order valence-electron chi connectivity index (χ4n) is 2.54. The minimum atomic E-state index is 0.215. The van der Waals surface area contributed by atoms with Crippen molar-refractivity contribution < 1.29 is 0 Å². The summed E-state index contributed by atoms with van der Waals surface area (Å²) in [4.78, 5) is 4.23. The van der Waals surface area contributed by atoms with E-state index in [9.17, 15) is 0 Å². The Hall–Kier alpha value is -2.20. The standard InChI is InChI=1S/C16H18N4/c17-9-8-14-11-16(13-5-4-10-18-12-13)20(19-14)15-6-2-1-3-7-15/h1-7,10,12,16H,8-9,11,17H2. The number of benzene rings is 1. The summed E-state index contributed by atoms with van der Waals surface area (Å²) in [6.07, 6.45) is 5.48. The SMILES string of the molecule is NCCC1=NN(c2ccccc2)C(c2cccnc2)C1. The lowest BCUT2D eigenvalue weighted by Crippen LogP contribution is -2.18. The molecule has 2 aromatic rings. The van der Waals surface area contributed by atoms with E-state index in [1.165, 1.54) is 5.56 Å². The molecule has 1 aromatic heterocycles. The number of hydrogen-bond donors (Lipinski definition) is 1. The lowest BCUT2D eigenvalue weighted by molar-refractivity contribution is 0.704. The molecular formula is C16H18N4. The monoisotopic (exact) mass is 266 g/mol. The van der Waals surface area contributed by atoms with Crippen molar-refractivity contribution >= 4 is 11.4 Å². The zero-order chi connectivity index (χ0) is 13.8. The van der Waals surface area contributed by atoms with Crippen LogP contribution in [0.2, 0.25) is 0 Å². The van der Waals surface area contributed by atoms with Crippen molar-refractivity contribution in [1.29, 1.82) is 0 Å². The van der Waals surface area contributed by atoms with Crippen LogP contribution in [0.1, 0.15) is 24.4 Å². The molecule has 1 aromatic carbocycles. The maximum absolute atomic E-state index is 5.66. The molecule has 0 bridgehead atoms. The highest BCUT2D eigenvalue weighted by atomic mass is 15.5. The Balaban J connectivity index is 1.93. The Kier molecular flexibility index (Phi) is 3.74. The van der Waals surface area contributed by atoms with Gasteiger partial charge in [-0.05, 0) is 36.7 Å². The summed E-state index contributed by atoms with van der Waals surface area (Å²) >= 11 is 0. The molecule has 4 heteroatoms. The first-order valence-electron chi connectivity index (χ1n) is 6.89. The van der Waals surface area contributed by atoms with Crippen molar-refractivity contribution in [3.63, 3.8) is 0 Å². The Labute approximate surface area is 118 Å². The highest BCUT2D eigenvalue weighted by Gasteiger charge is 2.28. The first-order valence-corrected chi connectivity index (χ1v) is 6.89. The average Bonchev–Trinajstić information content (AvgIpc) is 2.93. The van der Waals surface area contributed by atoms with E-state index in [2.05, 4.69) is 28.2 Å². The van der Waals surface area contributed by atoms with Crippen LogP contribution in [0.15, 0.2) is 60.0 Å². The fraction of sp³-hybridized carbons (Fsp3) is 0.250. The molecule has 0 fully saturated rings. The highest BCUT2D eigenvalue weighted by Crippen LogP contribution is 2.35. The number of para-hydroxylation sites is 1. The van der Waals surface area contributed by atoms with Crippen molar-refractivity contribution in [1.82, 2.24) is 4.98 Å². The van der Waals surface area contributed by atoms with E-state index in [0.29, 0.717) is 6.54 Å². The van der Waals surface area contributed by atoms with Gasteiger partial charge in [0.05, 0.1) is 11.7 Å². The van der Waals surface area contributed by atoms with E-state index in [1.54, 1.807) is 6.20 Å². The lowest BCUT2D eigenvalue weighted by Gasteiger charge is -2.23. The van der Waals surface area contributed by atoms with Crippen molar-refractivity contribution in [3.8, 4) is 0 Å². The number of pyridine rings is 1. The van der Waals surface area contributed by atoms with Gasteiger partial charge < -0.3 is 5.73 Å². The van der Waals surface area contributed by atoms with Crippen molar-refractivity contribution in [2.45, 2.75) is 18.9 Å². The first-order chi connectivity index (χ1) is 9.88. The van der Waals surface area contributed by atoms with Crippen LogP contribution in [0.25, 0.3) is 0 Å². The number of aromatic nitrogens is 1. The second-order valence-corrected chi connectivity index (χ2v) is 4.89. The number of hydrogen-bond acceptors (Lipinski definition) is 4. The lowest BCUT2D eigenvalue weighted by atomic mass is 10.0. The summed E-state index contributed by atoms with van der Waals surface area (Å²) in [5, 5.41) is 6.83. The van der Waals surface area contributed by atoms with Gasteiger partial charge in [0, 0.05) is 24.5 Å². The number of rotatable bonds is 4. The van der Waals surface area contributed by atoms with E-state index in [-0.39, 0.29) is 6.04 Å². The molecule has 0 spiro atoms. The second kappa shape index (κ2) is 5.84. The molecule has 1 aliphatic heterocycles. The summed E-state index contributed by atoms with van der Waals surface area (Å²) in [6.45, 7) is 0.640. The zero-order valence-electron chi connectivity index (χ0n) is 11.3. The molecular weight excluding hydrogens is 248 g/mol. The van der Waals surface area contributed by atoms with Gasteiger partial charge in [-0.2, -0.15) is 5.10 Å². The van der Waals surface area contributed by atoms with Crippen LogP contribution < -0.4 is 10.7 Å². The molecule has 0 amide bonds. The Morgan fingerprint density at radius 3 is 2.70 bits per heavy atom. The predicted molar refractivity (Wildman–Crippen MR) is 81.6 cm³/mol. The van der Waals surface area contributed by atoms with Gasteiger partial charge in [-0.15, -0.1) is 0 Å². The summed E-state index contributed by atoms with van der Waals surface area (Å²) < 4.78 is 0. The Morgan fingerprint density at radius 2 is 2.00 bits per heavy atom. The van der Waals surface area contributed by atoms with Gasteiger partial charge in [0.2, 0.25) is 0 Å². The average molecular weight is 266 g/mol. The van der Waals surface area contributed by atoms with E-state index in [4.69, 9.17) is 10.8 Å². The van der Waals surface area contributed by atoms with Crippen LogP contribution in [-0.4, -0.2) is 17.2 Å². The molecule has 1 atom stereocenters. The molecule has 2 heterocycles. The van der Waals surface area contributed by atoms with Crippen LogP contribution >= 0.6 is 0 Å². The molecule has 0 saturated carbocycles. The van der Waals surface area contributed by atoms with Crippen LogP contribution in [0.5, 0.6) is 0 Å². The first kappa shape index (κ1) is 12.8.